The SMILES string of the molecule is CCCCCCCC.CNC.COCC(=N)C1=CCC(OC)C=C1C=N.Cc1ccc(CN2CCC(N)C2)cc1. The van der Waals surface area contributed by atoms with E-state index in [1.807, 2.05) is 26.2 Å². The number of ether oxygens (including phenoxy) is 2. The van der Waals surface area contributed by atoms with Crippen LogP contribution in [0.15, 0.2) is 47.6 Å². The summed E-state index contributed by atoms with van der Waals surface area (Å²) in [7, 11) is 6.95. The molecule has 5 N–H and O–H groups in total. The number of aryl methyl sites for hydroxylation is 1. The smallest absolute Gasteiger partial charge is 0.0883 e. The summed E-state index contributed by atoms with van der Waals surface area (Å²) in [4.78, 5) is 2.43. The number of rotatable bonds is 12. The van der Waals surface area contributed by atoms with Crippen LogP contribution in [-0.4, -0.2) is 77.0 Å². The largest absolute Gasteiger partial charge is 0.378 e. The van der Waals surface area contributed by atoms with Crippen molar-refractivity contribution < 1.29 is 9.47 Å². The molecule has 1 aliphatic heterocycles. The predicted octanol–water partition coefficient (Wildman–Crippen LogP) is 6.30. The highest BCUT2D eigenvalue weighted by Crippen LogP contribution is 2.20. The molecule has 1 aliphatic carbocycles. The number of nitrogens with one attached hydrogen (secondary N) is 3. The lowest BCUT2D eigenvalue weighted by Gasteiger charge is -2.19. The standard InChI is InChI=1S/C12H18N2.C11H16N2O2.C8H18.C2H7N/c1-10-2-4-11(5-3-10)8-14-7-6-12(13)9-14;1-14-7-11(13)10-4-3-9(15-2)5-8(10)6-12;1-3-5-7-8-6-4-2;1-3-2/h2-5,12H,6-9,13H2,1H3;4-6,9,12-13H,3,7H2,1-2H3;3-8H2,1-2H3;3H,1-2H3. The lowest BCUT2D eigenvalue weighted by molar-refractivity contribution is 0.142. The molecule has 228 valence electrons. The Hall–Kier alpha value is -2.16. The third-order valence-corrected chi connectivity index (χ3v) is 6.60. The Morgan fingerprint density at radius 2 is 1.68 bits per heavy atom. The second-order valence-electron chi connectivity index (χ2n) is 10.5. The maximum atomic E-state index is 7.76. The van der Waals surface area contributed by atoms with Gasteiger partial charge in [0.2, 0.25) is 0 Å². The van der Waals surface area contributed by atoms with Gasteiger partial charge >= 0.3 is 0 Å². The molecule has 0 aromatic heterocycles. The summed E-state index contributed by atoms with van der Waals surface area (Å²) in [6.07, 6.45) is 15.4. The van der Waals surface area contributed by atoms with Gasteiger partial charge < -0.3 is 31.3 Å². The molecular formula is C33H59N5O2. The molecule has 1 saturated heterocycles. The molecule has 0 saturated carbocycles. The summed E-state index contributed by atoms with van der Waals surface area (Å²) >= 11 is 0. The van der Waals surface area contributed by atoms with Crippen molar-refractivity contribution in [3.8, 4) is 0 Å². The Labute approximate surface area is 245 Å². The maximum Gasteiger partial charge on any atom is 0.0883 e. The Morgan fingerprint density at radius 3 is 2.12 bits per heavy atom. The minimum atomic E-state index is 0.0145. The molecule has 3 rings (SSSR count). The second-order valence-corrected chi connectivity index (χ2v) is 10.5. The number of allylic oxidation sites excluding steroid dienone is 1. The molecule has 1 fully saturated rings. The van der Waals surface area contributed by atoms with Gasteiger partial charge in [-0.05, 0) is 51.1 Å². The average molecular weight is 558 g/mol. The maximum absolute atomic E-state index is 7.76. The van der Waals surface area contributed by atoms with Crippen LogP contribution in [0.3, 0.4) is 0 Å². The van der Waals surface area contributed by atoms with Crippen LogP contribution >= 0.6 is 0 Å². The Balaban J connectivity index is 0.000000565. The van der Waals surface area contributed by atoms with Crippen molar-refractivity contribution in [3.63, 3.8) is 0 Å². The summed E-state index contributed by atoms with van der Waals surface area (Å²) in [5.41, 5.74) is 10.5. The minimum absolute atomic E-state index is 0.0145. The normalized spacial score (nSPS) is 18.1. The molecule has 1 aromatic carbocycles. The summed E-state index contributed by atoms with van der Waals surface area (Å²) in [5, 5.41) is 17.8. The molecule has 0 spiro atoms. The van der Waals surface area contributed by atoms with Crippen LogP contribution in [0.1, 0.15) is 76.3 Å². The third kappa shape index (κ3) is 17.5. The van der Waals surface area contributed by atoms with E-state index in [4.69, 9.17) is 26.0 Å². The highest BCUT2D eigenvalue weighted by Gasteiger charge is 2.18. The third-order valence-electron chi connectivity index (χ3n) is 6.60. The second kappa shape index (κ2) is 24.6. The van der Waals surface area contributed by atoms with Gasteiger partial charge in [0, 0.05) is 51.7 Å². The number of nitrogens with zero attached hydrogens (tertiary/aromatic N) is 1. The molecule has 2 atom stereocenters. The predicted molar refractivity (Wildman–Crippen MR) is 173 cm³/mol. The van der Waals surface area contributed by atoms with E-state index < -0.39 is 0 Å². The molecule has 40 heavy (non-hydrogen) atoms. The van der Waals surface area contributed by atoms with E-state index in [0.717, 1.165) is 43.6 Å². The highest BCUT2D eigenvalue weighted by molar-refractivity contribution is 6.09. The van der Waals surface area contributed by atoms with Crippen LogP contribution in [0.25, 0.3) is 0 Å². The Kier molecular flexibility index (Phi) is 23.3. The first-order chi connectivity index (χ1) is 19.3. The Bertz CT molecular complexity index is 845. The van der Waals surface area contributed by atoms with E-state index in [1.165, 1.54) is 55.9 Å². The van der Waals surface area contributed by atoms with E-state index in [2.05, 4.69) is 55.3 Å². The van der Waals surface area contributed by atoms with Crippen LogP contribution in [0.5, 0.6) is 0 Å². The number of likely N-dealkylation sites (tertiary alicyclic amines) is 1. The molecular weight excluding hydrogens is 498 g/mol. The van der Waals surface area contributed by atoms with Gasteiger partial charge in [0.05, 0.1) is 18.4 Å². The molecule has 0 amide bonds. The van der Waals surface area contributed by atoms with Crippen molar-refractivity contribution in [2.24, 2.45) is 5.73 Å². The fraction of sp³-hybridized carbons (Fsp3) is 0.636. The van der Waals surface area contributed by atoms with Gasteiger partial charge in [-0.25, -0.2) is 0 Å². The van der Waals surface area contributed by atoms with Crippen molar-refractivity contribution in [1.82, 2.24) is 10.2 Å². The summed E-state index contributed by atoms with van der Waals surface area (Å²) in [6, 6.07) is 9.15. The fourth-order valence-electron chi connectivity index (χ4n) is 4.33. The molecule has 1 heterocycles. The number of nitrogens with two attached hydrogens (primary N) is 1. The molecule has 7 heteroatoms. The molecule has 2 unspecified atom stereocenters. The van der Waals surface area contributed by atoms with Gasteiger partial charge in [-0.15, -0.1) is 0 Å². The van der Waals surface area contributed by atoms with E-state index in [0.29, 0.717) is 11.8 Å². The van der Waals surface area contributed by atoms with Crippen LogP contribution in [0.4, 0.5) is 0 Å². The van der Waals surface area contributed by atoms with E-state index >= 15 is 0 Å². The monoisotopic (exact) mass is 557 g/mol. The van der Waals surface area contributed by atoms with Gasteiger partial charge in [0.15, 0.2) is 0 Å². The van der Waals surface area contributed by atoms with Crippen molar-refractivity contribution in [1.29, 1.82) is 10.8 Å². The summed E-state index contributed by atoms with van der Waals surface area (Å²) < 4.78 is 10.1. The Morgan fingerprint density at radius 1 is 1.07 bits per heavy atom. The molecule has 0 radical (unpaired) electrons. The van der Waals surface area contributed by atoms with Crippen LogP contribution < -0.4 is 11.1 Å². The molecule has 0 bridgehead atoms. The minimum Gasteiger partial charge on any atom is -0.378 e. The van der Waals surface area contributed by atoms with Crippen LogP contribution in [0.2, 0.25) is 0 Å². The van der Waals surface area contributed by atoms with Crippen LogP contribution in [0, 0.1) is 17.7 Å². The van der Waals surface area contributed by atoms with Crippen LogP contribution in [-0.2, 0) is 16.0 Å². The van der Waals surface area contributed by atoms with Crippen molar-refractivity contribution in [3.05, 3.63) is 58.7 Å². The van der Waals surface area contributed by atoms with Gasteiger partial charge in [-0.3, -0.25) is 4.90 Å². The van der Waals surface area contributed by atoms with Crippen molar-refractivity contribution in [2.75, 3.05) is 48.0 Å². The summed E-state index contributed by atoms with van der Waals surface area (Å²) in [6.45, 7) is 10.2. The molecule has 7 nitrogen and oxygen atoms in total. The lowest BCUT2D eigenvalue weighted by Crippen LogP contribution is -2.26. The topological polar surface area (TPSA) is 107 Å². The zero-order chi connectivity index (χ0) is 30.2. The summed E-state index contributed by atoms with van der Waals surface area (Å²) in [5.74, 6) is 0. The molecule has 1 aromatic rings. The zero-order valence-electron chi connectivity index (χ0n) is 26.5. The number of hydrogen-bond acceptors (Lipinski definition) is 7. The number of hydrogen-bond donors (Lipinski definition) is 4. The van der Waals surface area contributed by atoms with E-state index in [-0.39, 0.29) is 12.7 Å². The first-order valence-electron chi connectivity index (χ1n) is 14.9. The highest BCUT2D eigenvalue weighted by atomic mass is 16.5. The fourth-order valence-corrected chi connectivity index (χ4v) is 4.33. The van der Waals surface area contributed by atoms with E-state index in [9.17, 15) is 0 Å². The molecule has 2 aliphatic rings. The van der Waals surface area contributed by atoms with Crippen molar-refractivity contribution in [2.45, 2.75) is 90.8 Å². The first-order valence-corrected chi connectivity index (χ1v) is 14.9. The zero-order valence-corrected chi connectivity index (χ0v) is 26.5. The van der Waals surface area contributed by atoms with Gasteiger partial charge in [0.25, 0.3) is 0 Å². The average Bonchev–Trinajstić information content (AvgIpc) is 3.37. The number of unbranched alkanes of at least 4 members (excludes halogenated alkanes) is 5. The number of benzene rings is 1. The van der Waals surface area contributed by atoms with Gasteiger partial charge in [-0.1, -0.05) is 88.3 Å². The lowest BCUT2D eigenvalue weighted by atomic mass is 9.93. The van der Waals surface area contributed by atoms with Gasteiger partial charge in [0.1, 0.15) is 0 Å². The van der Waals surface area contributed by atoms with Crippen molar-refractivity contribution >= 4 is 11.9 Å². The first kappa shape index (κ1) is 37.8. The quantitative estimate of drug-likeness (QED) is 0.178. The van der Waals surface area contributed by atoms with Gasteiger partial charge in [-0.2, -0.15) is 0 Å². The number of methoxy groups -OCH3 is 2. The van der Waals surface area contributed by atoms with E-state index in [1.54, 1.807) is 14.2 Å².